The fraction of sp³-hybridized carbons (Fsp3) is 0.0556. The minimum atomic E-state index is -0.317. The molecule has 0 atom stereocenters. The van der Waals surface area contributed by atoms with Crippen LogP contribution in [0.2, 0.25) is 5.02 Å². The number of H-pyrrole nitrogens is 2. The zero-order chi connectivity index (χ0) is 18.1. The molecule has 0 bridgehead atoms. The minimum Gasteiger partial charge on any atom is -0.495 e. The third kappa shape index (κ3) is 3.00. The van der Waals surface area contributed by atoms with E-state index in [1.165, 1.54) is 7.11 Å². The van der Waals surface area contributed by atoms with Crippen LogP contribution in [0, 0.1) is 0 Å². The second kappa shape index (κ2) is 6.53. The highest BCUT2D eigenvalue weighted by molar-refractivity contribution is 6.32. The summed E-state index contributed by atoms with van der Waals surface area (Å²) in [4.78, 5) is 20.1. The average molecular weight is 368 g/mol. The van der Waals surface area contributed by atoms with E-state index >= 15 is 0 Å². The Balaban J connectivity index is 1.55. The van der Waals surface area contributed by atoms with Gasteiger partial charge >= 0.3 is 0 Å². The molecular weight excluding hydrogens is 354 g/mol. The van der Waals surface area contributed by atoms with E-state index in [-0.39, 0.29) is 5.91 Å². The Morgan fingerprint density at radius 2 is 2.04 bits per heavy atom. The highest BCUT2D eigenvalue weighted by atomic mass is 35.5. The fourth-order valence-electron chi connectivity index (χ4n) is 2.58. The van der Waals surface area contributed by atoms with Gasteiger partial charge < -0.3 is 15.0 Å². The van der Waals surface area contributed by atoms with E-state index in [2.05, 4.69) is 25.5 Å². The van der Waals surface area contributed by atoms with Crippen molar-refractivity contribution in [1.29, 1.82) is 0 Å². The first-order valence-corrected chi connectivity index (χ1v) is 8.17. The van der Waals surface area contributed by atoms with Gasteiger partial charge in [0.05, 0.1) is 23.2 Å². The molecule has 1 amide bonds. The number of halogens is 1. The second-order valence-corrected chi connectivity index (χ2v) is 5.98. The second-order valence-electron chi connectivity index (χ2n) is 5.57. The van der Waals surface area contributed by atoms with Crippen LogP contribution in [-0.2, 0) is 0 Å². The van der Waals surface area contributed by atoms with Gasteiger partial charge in [-0.1, -0.05) is 23.7 Å². The van der Waals surface area contributed by atoms with Gasteiger partial charge in [0.15, 0.2) is 11.6 Å². The van der Waals surface area contributed by atoms with Crippen LogP contribution in [0.1, 0.15) is 10.4 Å². The van der Waals surface area contributed by atoms with Crippen LogP contribution in [0.5, 0.6) is 5.75 Å². The molecule has 2 aromatic carbocycles. The fourth-order valence-corrected chi connectivity index (χ4v) is 2.77. The number of para-hydroxylation sites is 2. The van der Waals surface area contributed by atoms with Crippen LogP contribution in [-0.4, -0.2) is 33.2 Å². The van der Waals surface area contributed by atoms with E-state index in [0.29, 0.717) is 33.7 Å². The Hall–Kier alpha value is -3.32. The first-order chi connectivity index (χ1) is 12.6. The summed E-state index contributed by atoms with van der Waals surface area (Å²) in [5.74, 6) is 1.15. The summed E-state index contributed by atoms with van der Waals surface area (Å²) in [5.41, 5.74) is 2.87. The summed E-state index contributed by atoms with van der Waals surface area (Å²) in [7, 11) is 1.50. The van der Waals surface area contributed by atoms with Crippen molar-refractivity contribution >= 4 is 34.4 Å². The molecule has 26 heavy (non-hydrogen) atoms. The lowest BCUT2D eigenvalue weighted by atomic mass is 10.2. The van der Waals surface area contributed by atoms with Crippen LogP contribution < -0.4 is 10.1 Å². The molecule has 0 fully saturated rings. The number of anilines is 1. The van der Waals surface area contributed by atoms with Crippen LogP contribution in [0.25, 0.3) is 22.6 Å². The third-order valence-corrected chi connectivity index (χ3v) is 4.19. The molecule has 0 radical (unpaired) electrons. The topological polar surface area (TPSA) is 95.7 Å². The van der Waals surface area contributed by atoms with Gasteiger partial charge in [-0.05, 0) is 30.3 Å². The van der Waals surface area contributed by atoms with E-state index in [1.807, 2.05) is 24.3 Å². The maximum Gasteiger partial charge on any atom is 0.257 e. The number of amides is 1. The lowest BCUT2D eigenvalue weighted by Crippen LogP contribution is -2.12. The van der Waals surface area contributed by atoms with E-state index in [1.54, 1.807) is 24.3 Å². The monoisotopic (exact) mass is 367 g/mol. The number of hydrogen-bond acceptors (Lipinski definition) is 4. The largest absolute Gasteiger partial charge is 0.495 e. The number of nitrogens with one attached hydrogen (secondary N) is 3. The molecular formula is C18H14ClN5O2. The zero-order valence-electron chi connectivity index (χ0n) is 13.7. The maximum atomic E-state index is 12.4. The highest BCUT2D eigenvalue weighted by Crippen LogP contribution is 2.26. The smallest absolute Gasteiger partial charge is 0.257 e. The first kappa shape index (κ1) is 16.2. The normalized spacial score (nSPS) is 10.8. The quantitative estimate of drug-likeness (QED) is 0.510. The predicted molar refractivity (Wildman–Crippen MR) is 99.6 cm³/mol. The number of fused-ring (bicyclic) bond motifs is 1. The molecule has 0 saturated carbocycles. The van der Waals surface area contributed by atoms with Crippen LogP contribution in [0.15, 0.2) is 48.5 Å². The molecule has 2 aromatic heterocycles. The van der Waals surface area contributed by atoms with E-state index in [4.69, 9.17) is 16.3 Å². The van der Waals surface area contributed by atoms with Crippen molar-refractivity contribution in [2.45, 2.75) is 0 Å². The van der Waals surface area contributed by atoms with Crippen molar-refractivity contribution in [1.82, 2.24) is 20.2 Å². The molecule has 130 valence electrons. The summed E-state index contributed by atoms with van der Waals surface area (Å²) >= 11 is 5.98. The van der Waals surface area contributed by atoms with Gasteiger partial charge in [0.1, 0.15) is 11.4 Å². The Bertz CT molecular complexity index is 1070. The number of hydrogen-bond donors (Lipinski definition) is 3. The molecule has 0 saturated heterocycles. The SMILES string of the molecule is COc1cc(C(=O)Nc2cc(-c3nc4ccccc4[nH]3)[nH]n2)ccc1Cl. The molecule has 0 aliphatic rings. The van der Waals surface area contributed by atoms with Gasteiger partial charge in [-0.2, -0.15) is 5.10 Å². The van der Waals surface area contributed by atoms with Gasteiger partial charge in [0.25, 0.3) is 5.91 Å². The molecule has 4 rings (SSSR count). The maximum absolute atomic E-state index is 12.4. The number of carbonyl (C=O) groups excluding carboxylic acids is 1. The Labute approximate surface area is 153 Å². The van der Waals surface area contributed by atoms with Crippen LogP contribution in [0.3, 0.4) is 0 Å². The van der Waals surface area contributed by atoms with E-state index < -0.39 is 0 Å². The third-order valence-electron chi connectivity index (χ3n) is 3.88. The first-order valence-electron chi connectivity index (χ1n) is 7.79. The summed E-state index contributed by atoms with van der Waals surface area (Å²) in [6.45, 7) is 0. The Kier molecular flexibility index (Phi) is 4.06. The number of ether oxygens (including phenoxy) is 1. The molecule has 4 aromatic rings. The molecule has 7 nitrogen and oxygen atoms in total. The number of nitrogens with zero attached hydrogens (tertiary/aromatic N) is 2. The molecule has 0 unspecified atom stereocenters. The summed E-state index contributed by atoms with van der Waals surface area (Å²) in [6, 6.07) is 14.2. The summed E-state index contributed by atoms with van der Waals surface area (Å²) in [6.07, 6.45) is 0. The Morgan fingerprint density at radius 1 is 1.19 bits per heavy atom. The van der Waals surface area contributed by atoms with Crippen molar-refractivity contribution in [3.05, 3.63) is 59.1 Å². The van der Waals surface area contributed by atoms with Crippen LogP contribution >= 0.6 is 11.6 Å². The molecule has 2 heterocycles. The number of imidazole rings is 1. The lowest BCUT2D eigenvalue weighted by Gasteiger charge is -2.06. The molecule has 0 spiro atoms. The van der Waals surface area contributed by atoms with Gasteiger partial charge in [0.2, 0.25) is 0 Å². The minimum absolute atomic E-state index is 0.317. The molecule has 0 aliphatic carbocycles. The van der Waals surface area contributed by atoms with Gasteiger partial charge in [-0.3, -0.25) is 9.89 Å². The standard InChI is InChI=1S/C18H14ClN5O2/c1-26-15-8-10(6-7-11(15)19)18(25)22-16-9-14(23-24-16)17-20-12-4-2-3-5-13(12)21-17/h2-9H,1H3,(H,20,21)(H2,22,23,24,25). The highest BCUT2D eigenvalue weighted by Gasteiger charge is 2.13. The van der Waals surface area contributed by atoms with Gasteiger partial charge in [0, 0.05) is 11.6 Å². The van der Waals surface area contributed by atoms with Gasteiger partial charge in [-0.15, -0.1) is 0 Å². The number of benzene rings is 2. The number of aromatic amines is 2. The average Bonchev–Trinajstić information content (AvgIpc) is 3.28. The Morgan fingerprint density at radius 3 is 2.85 bits per heavy atom. The van der Waals surface area contributed by atoms with E-state index in [0.717, 1.165) is 11.0 Å². The van der Waals surface area contributed by atoms with E-state index in [9.17, 15) is 4.79 Å². The number of carbonyl (C=O) groups is 1. The summed E-state index contributed by atoms with van der Waals surface area (Å²) < 4.78 is 5.13. The summed E-state index contributed by atoms with van der Waals surface area (Å²) in [5, 5.41) is 10.2. The number of rotatable bonds is 4. The van der Waals surface area contributed by atoms with Crippen molar-refractivity contribution in [3.8, 4) is 17.3 Å². The van der Waals surface area contributed by atoms with Crippen molar-refractivity contribution in [2.24, 2.45) is 0 Å². The van der Waals surface area contributed by atoms with Crippen molar-refractivity contribution < 1.29 is 9.53 Å². The molecule has 8 heteroatoms. The number of aromatic nitrogens is 4. The van der Waals surface area contributed by atoms with Crippen molar-refractivity contribution in [2.75, 3.05) is 12.4 Å². The number of methoxy groups -OCH3 is 1. The zero-order valence-corrected chi connectivity index (χ0v) is 14.5. The van der Waals surface area contributed by atoms with Gasteiger partial charge in [-0.25, -0.2) is 4.98 Å². The van der Waals surface area contributed by atoms with Crippen molar-refractivity contribution in [3.63, 3.8) is 0 Å². The lowest BCUT2D eigenvalue weighted by molar-refractivity contribution is 0.102. The van der Waals surface area contributed by atoms with Crippen LogP contribution in [0.4, 0.5) is 5.82 Å². The molecule has 0 aliphatic heterocycles. The molecule has 3 N–H and O–H groups in total. The predicted octanol–water partition coefficient (Wildman–Crippen LogP) is 3.87.